The van der Waals surface area contributed by atoms with E-state index in [1.54, 1.807) is 18.6 Å². The van der Waals surface area contributed by atoms with E-state index >= 15 is 0 Å². The molecule has 1 aromatic rings. The Balaban J connectivity index is 1.65. The van der Waals surface area contributed by atoms with E-state index in [-0.39, 0.29) is 5.97 Å². The monoisotopic (exact) mass is 292 g/mol. The molecular formula is C15H24N4O2. The molecule has 1 aliphatic rings. The first kappa shape index (κ1) is 15.9. The second-order valence-corrected chi connectivity index (χ2v) is 5.32. The van der Waals surface area contributed by atoms with Crippen molar-refractivity contribution in [3.63, 3.8) is 0 Å². The van der Waals surface area contributed by atoms with Gasteiger partial charge in [0.15, 0.2) is 0 Å². The molecule has 0 N–H and O–H groups in total. The molecule has 0 aliphatic carbocycles. The summed E-state index contributed by atoms with van der Waals surface area (Å²) in [6.07, 6.45) is 7.20. The number of esters is 1. The first-order valence-electron chi connectivity index (χ1n) is 7.63. The maximum absolute atomic E-state index is 11.7. The lowest BCUT2D eigenvalue weighted by Gasteiger charge is -2.33. The maximum atomic E-state index is 11.7. The fourth-order valence-electron chi connectivity index (χ4n) is 2.30. The smallest absolute Gasteiger partial charge is 0.320 e. The molecule has 6 heteroatoms. The van der Waals surface area contributed by atoms with Gasteiger partial charge in [0.2, 0.25) is 0 Å². The zero-order chi connectivity index (χ0) is 14.9. The molecule has 0 aromatic carbocycles. The highest BCUT2D eigenvalue weighted by molar-refractivity contribution is 5.71. The lowest BCUT2D eigenvalue weighted by molar-refractivity contribution is -0.145. The summed E-state index contributed by atoms with van der Waals surface area (Å²) >= 11 is 0. The van der Waals surface area contributed by atoms with Crippen molar-refractivity contribution in [3.8, 4) is 0 Å². The lowest BCUT2D eigenvalue weighted by Crippen LogP contribution is -2.47. The van der Waals surface area contributed by atoms with Crippen molar-refractivity contribution in [1.82, 2.24) is 19.8 Å². The summed E-state index contributed by atoms with van der Waals surface area (Å²) in [7, 11) is 0. The molecule has 6 nitrogen and oxygen atoms in total. The van der Waals surface area contributed by atoms with Crippen molar-refractivity contribution in [2.45, 2.75) is 26.3 Å². The average Bonchev–Trinajstić information content (AvgIpc) is 2.51. The van der Waals surface area contributed by atoms with Gasteiger partial charge in [-0.2, -0.15) is 0 Å². The van der Waals surface area contributed by atoms with Crippen LogP contribution in [0.25, 0.3) is 0 Å². The number of ether oxygens (including phenoxy) is 1. The van der Waals surface area contributed by atoms with E-state index in [0.29, 0.717) is 13.2 Å². The number of unbranched alkanes of at least 4 members (excludes halogenated alkanes) is 1. The van der Waals surface area contributed by atoms with Crippen LogP contribution in [-0.2, 0) is 16.1 Å². The first-order valence-corrected chi connectivity index (χ1v) is 7.63. The molecule has 0 unspecified atom stereocenters. The van der Waals surface area contributed by atoms with Gasteiger partial charge in [-0.15, -0.1) is 0 Å². The molecule has 0 atom stereocenters. The van der Waals surface area contributed by atoms with E-state index in [9.17, 15) is 4.79 Å². The molecule has 2 rings (SSSR count). The van der Waals surface area contributed by atoms with Crippen molar-refractivity contribution in [2.24, 2.45) is 0 Å². The largest absolute Gasteiger partial charge is 0.465 e. The van der Waals surface area contributed by atoms with Gasteiger partial charge in [-0.1, -0.05) is 13.3 Å². The highest BCUT2D eigenvalue weighted by Gasteiger charge is 2.19. The molecule has 1 fully saturated rings. The summed E-state index contributed by atoms with van der Waals surface area (Å²) < 4.78 is 5.20. The average molecular weight is 292 g/mol. The molecule has 0 amide bonds. The maximum Gasteiger partial charge on any atom is 0.320 e. The first-order chi connectivity index (χ1) is 10.3. The third-order valence-corrected chi connectivity index (χ3v) is 3.58. The fraction of sp³-hybridized carbons (Fsp3) is 0.667. The van der Waals surface area contributed by atoms with Crippen LogP contribution in [0.1, 0.15) is 25.5 Å². The van der Waals surface area contributed by atoms with E-state index in [2.05, 4.69) is 26.7 Å². The van der Waals surface area contributed by atoms with Crippen molar-refractivity contribution < 1.29 is 9.53 Å². The second kappa shape index (κ2) is 8.69. The second-order valence-electron chi connectivity index (χ2n) is 5.32. The Bertz CT molecular complexity index is 419. The van der Waals surface area contributed by atoms with Gasteiger partial charge in [0, 0.05) is 51.3 Å². The van der Waals surface area contributed by atoms with E-state index in [1.807, 2.05) is 0 Å². The Morgan fingerprint density at radius 2 is 2.00 bits per heavy atom. The molecule has 1 aliphatic heterocycles. The molecule has 2 heterocycles. The van der Waals surface area contributed by atoms with Gasteiger partial charge in [0.25, 0.3) is 0 Å². The quantitative estimate of drug-likeness (QED) is 0.550. The van der Waals surface area contributed by atoms with Gasteiger partial charge in [-0.25, -0.2) is 0 Å². The standard InChI is InChI=1S/C15H24N4O2/c1-2-3-10-21-15(20)13-19-8-6-18(7-9-19)12-14-11-16-4-5-17-14/h4-5,11H,2-3,6-10,12-13H2,1H3. The molecule has 0 bridgehead atoms. The number of carbonyl (C=O) groups excluding carboxylic acids is 1. The summed E-state index contributed by atoms with van der Waals surface area (Å²) in [5.74, 6) is -0.106. The predicted molar refractivity (Wildman–Crippen MR) is 79.6 cm³/mol. The van der Waals surface area contributed by atoms with Gasteiger partial charge in [0.05, 0.1) is 18.8 Å². The topological polar surface area (TPSA) is 58.6 Å². The molecule has 0 saturated carbocycles. The van der Waals surface area contributed by atoms with Crippen LogP contribution in [-0.4, -0.2) is 65.1 Å². The normalized spacial score (nSPS) is 16.8. The zero-order valence-corrected chi connectivity index (χ0v) is 12.7. The molecule has 0 spiro atoms. The third-order valence-electron chi connectivity index (χ3n) is 3.58. The Labute approximate surface area is 126 Å². The summed E-state index contributed by atoms with van der Waals surface area (Å²) in [5.41, 5.74) is 0.991. The van der Waals surface area contributed by atoms with Crippen LogP contribution in [0.5, 0.6) is 0 Å². The summed E-state index contributed by atoms with van der Waals surface area (Å²) in [6, 6.07) is 0. The SMILES string of the molecule is CCCCOC(=O)CN1CCN(Cc2cnccn2)CC1. The molecule has 0 radical (unpaired) electrons. The van der Waals surface area contributed by atoms with E-state index in [1.165, 1.54) is 0 Å². The Hall–Kier alpha value is -1.53. The van der Waals surface area contributed by atoms with E-state index in [0.717, 1.165) is 51.3 Å². The van der Waals surface area contributed by atoms with Gasteiger partial charge in [-0.05, 0) is 6.42 Å². The van der Waals surface area contributed by atoms with Crippen LogP contribution in [0, 0.1) is 0 Å². The lowest BCUT2D eigenvalue weighted by atomic mass is 10.3. The minimum absolute atomic E-state index is 0.106. The van der Waals surface area contributed by atoms with Crippen LogP contribution < -0.4 is 0 Å². The summed E-state index contributed by atoms with van der Waals surface area (Å²) in [5, 5.41) is 0. The zero-order valence-electron chi connectivity index (χ0n) is 12.7. The summed E-state index contributed by atoms with van der Waals surface area (Å²) in [4.78, 5) is 24.5. The van der Waals surface area contributed by atoms with Crippen LogP contribution in [0.2, 0.25) is 0 Å². The van der Waals surface area contributed by atoms with Crippen molar-refractivity contribution in [3.05, 3.63) is 24.3 Å². The van der Waals surface area contributed by atoms with Crippen molar-refractivity contribution >= 4 is 5.97 Å². The van der Waals surface area contributed by atoms with Crippen molar-refractivity contribution in [2.75, 3.05) is 39.3 Å². The van der Waals surface area contributed by atoms with Crippen LogP contribution in [0.4, 0.5) is 0 Å². The van der Waals surface area contributed by atoms with Gasteiger partial charge in [0.1, 0.15) is 0 Å². The number of carbonyl (C=O) groups is 1. The highest BCUT2D eigenvalue weighted by Crippen LogP contribution is 2.06. The van der Waals surface area contributed by atoms with Crippen molar-refractivity contribution in [1.29, 1.82) is 0 Å². The van der Waals surface area contributed by atoms with Crippen LogP contribution in [0.3, 0.4) is 0 Å². The number of rotatable bonds is 7. The number of nitrogens with zero attached hydrogens (tertiary/aromatic N) is 4. The number of piperazine rings is 1. The fourth-order valence-corrected chi connectivity index (χ4v) is 2.30. The number of hydrogen-bond acceptors (Lipinski definition) is 6. The van der Waals surface area contributed by atoms with Crippen LogP contribution in [0.15, 0.2) is 18.6 Å². The Morgan fingerprint density at radius 1 is 1.24 bits per heavy atom. The van der Waals surface area contributed by atoms with Crippen LogP contribution >= 0.6 is 0 Å². The van der Waals surface area contributed by atoms with Gasteiger partial charge in [-0.3, -0.25) is 24.6 Å². The summed E-state index contributed by atoms with van der Waals surface area (Å²) in [6.45, 7) is 7.53. The minimum atomic E-state index is -0.106. The molecule has 116 valence electrons. The van der Waals surface area contributed by atoms with E-state index in [4.69, 9.17) is 4.74 Å². The predicted octanol–water partition coefficient (Wildman–Crippen LogP) is 0.937. The number of aromatic nitrogens is 2. The minimum Gasteiger partial charge on any atom is -0.465 e. The Morgan fingerprint density at radius 3 is 2.67 bits per heavy atom. The number of hydrogen-bond donors (Lipinski definition) is 0. The molecular weight excluding hydrogens is 268 g/mol. The molecule has 1 aromatic heterocycles. The van der Waals surface area contributed by atoms with Gasteiger partial charge >= 0.3 is 5.97 Å². The highest BCUT2D eigenvalue weighted by atomic mass is 16.5. The third kappa shape index (κ3) is 5.77. The molecule has 21 heavy (non-hydrogen) atoms. The van der Waals surface area contributed by atoms with Gasteiger partial charge < -0.3 is 4.74 Å². The Kier molecular flexibility index (Phi) is 6.56. The molecule has 1 saturated heterocycles. The van der Waals surface area contributed by atoms with E-state index < -0.39 is 0 Å².